The first-order valence-electron chi connectivity index (χ1n) is 5.96. The van der Waals surface area contributed by atoms with Crippen LogP contribution in [-0.4, -0.2) is 18.2 Å². The zero-order valence-electron chi connectivity index (χ0n) is 11.0. The predicted octanol–water partition coefficient (Wildman–Crippen LogP) is 3.41. The lowest BCUT2D eigenvalue weighted by atomic mass is 10.0. The molecule has 2 aromatic rings. The summed E-state index contributed by atoms with van der Waals surface area (Å²) in [7, 11) is 1.26. The first-order valence-corrected chi connectivity index (χ1v) is 5.96. The number of carbonyl (C=O) groups is 1. The summed E-state index contributed by atoms with van der Waals surface area (Å²) >= 11 is 0. The zero-order chi connectivity index (χ0) is 15.6. The summed E-state index contributed by atoms with van der Waals surface area (Å²) in [5, 5.41) is 8.62. The second-order valence-electron chi connectivity index (χ2n) is 4.32. The highest BCUT2D eigenvalue weighted by atomic mass is 19.1. The minimum atomic E-state index is -1.28. The van der Waals surface area contributed by atoms with Gasteiger partial charge in [-0.05, 0) is 18.2 Å². The van der Waals surface area contributed by atoms with Crippen LogP contribution in [0.25, 0.3) is 11.1 Å². The largest absolute Gasteiger partial charge is 0.494 e. The van der Waals surface area contributed by atoms with Crippen LogP contribution in [0.3, 0.4) is 0 Å². The average molecular weight is 296 g/mol. The van der Waals surface area contributed by atoms with Crippen LogP contribution in [0.2, 0.25) is 0 Å². The van der Waals surface area contributed by atoms with Gasteiger partial charge in [0.2, 0.25) is 0 Å². The fourth-order valence-electron chi connectivity index (χ4n) is 1.97. The maximum Gasteiger partial charge on any atom is 0.307 e. The van der Waals surface area contributed by atoms with E-state index < -0.39 is 29.8 Å². The van der Waals surface area contributed by atoms with Gasteiger partial charge in [0.15, 0.2) is 11.6 Å². The topological polar surface area (TPSA) is 46.5 Å². The van der Waals surface area contributed by atoms with Crippen molar-refractivity contribution in [2.24, 2.45) is 0 Å². The molecule has 0 radical (unpaired) electrons. The first-order chi connectivity index (χ1) is 9.93. The van der Waals surface area contributed by atoms with Crippen LogP contribution in [0.15, 0.2) is 30.3 Å². The van der Waals surface area contributed by atoms with Crippen molar-refractivity contribution in [1.29, 1.82) is 0 Å². The molecule has 2 rings (SSSR count). The number of carboxylic acid groups (broad SMARTS) is 1. The lowest BCUT2D eigenvalue weighted by molar-refractivity contribution is -0.136. The van der Waals surface area contributed by atoms with Gasteiger partial charge in [0.05, 0.1) is 13.5 Å². The summed E-state index contributed by atoms with van der Waals surface area (Å²) in [5.41, 5.74) is -0.752. The average Bonchev–Trinajstić information content (AvgIpc) is 2.42. The van der Waals surface area contributed by atoms with E-state index in [1.807, 2.05) is 0 Å². The maximum atomic E-state index is 14.1. The Morgan fingerprint density at radius 3 is 2.48 bits per heavy atom. The molecule has 0 spiro atoms. The Bertz CT molecular complexity index is 699. The SMILES string of the molecule is COc1cccc(-c2cc(F)c(CC(=O)O)cc2F)c1F. The molecule has 0 bridgehead atoms. The Morgan fingerprint density at radius 2 is 1.86 bits per heavy atom. The molecule has 0 amide bonds. The minimum Gasteiger partial charge on any atom is -0.494 e. The Balaban J connectivity index is 2.55. The molecule has 0 aliphatic heterocycles. The Labute approximate surface area is 118 Å². The normalized spacial score (nSPS) is 10.5. The fraction of sp³-hybridized carbons (Fsp3) is 0.133. The highest BCUT2D eigenvalue weighted by Gasteiger charge is 2.18. The molecule has 21 heavy (non-hydrogen) atoms. The Hall–Kier alpha value is -2.50. The molecule has 0 aliphatic rings. The monoisotopic (exact) mass is 296 g/mol. The van der Waals surface area contributed by atoms with Crippen molar-refractivity contribution in [3.63, 3.8) is 0 Å². The lowest BCUT2D eigenvalue weighted by Crippen LogP contribution is -2.04. The number of benzene rings is 2. The summed E-state index contributed by atoms with van der Waals surface area (Å²) in [6.07, 6.45) is -0.649. The van der Waals surface area contributed by atoms with Crippen LogP contribution in [-0.2, 0) is 11.2 Å². The van der Waals surface area contributed by atoms with Gasteiger partial charge < -0.3 is 9.84 Å². The molecular formula is C15H11F3O3. The molecule has 6 heteroatoms. The van der Waals surface area contributed by atoms with Crippen molar-refractivity contribution >= 4 is 5.97 Å². The highest BCUT2D eigenvalue weighted by molar-refractivity contribution is 5.72. The van der Waals surface area contributed by atoms with Gasteiger partial charge in [-0.3, -0.25) is 4.79 Å². The van der Waals surface area contributed by atoms with Crippen LogP contribution in [0.4, 0.5) is 13.2 Å². The van der Waals surface area contributed by atoms with Gasteiger partial charge in [-0.15, -0.1) is 0 Å². The highest BCUT2D eigenvalue weighted by Crippen LogP contribution is 2.32. The maximum absolute atomic E-state index is 14.1. The second kappa shape index (κ2) is 5.87. The molecule has 0 saturated carbocycles. The van der Waals surface area contributed by atoms with Gasteiger partial charge in [0.25, 0.3) is 0 Å². The van der Waals surface area contributed by atoms with Crippen molar-refractivity contribution in [3.05, 3.63) is 53.3 Å². The number of rotatable bonds is 4. The smallest absolute Gasteiger partial charge is 0.307 e. The Morgan fingerprint density at radius 1 is 1.14 bits per heavy atom. The molecule has 2 aromatic carbocycles. The number of carboxylic acids is 1. The predicted molar refractivity (Wildman–Crippen MR) is 69.6 cm³/mol. The van der Waals surface area contributed by atoms with Gasteiger partial charge in [0, 0.05) is 16.7 Å². The molecule has 0 fully saturated rings. The van der Waals surface area contributed by atoms with Gasteiger partial charge in [-0.1, -0.05) is 12.1 Å². The van der Waals surface area contributed by atoms with E-state index in [2.05, 4.69) is 0 Å². The van der Waals surface area contributed by atoms with E-state index in [4.69, 9.17) is 9.84 Å². The van der Waals surface area contributed by atoms with E-state index in [1.165, 1.54) is 25.3 Å². The summed E-state index contributed by atoms with van der Waals surface area (Å²) in [6, 6.07) is 5.63. The third-order valence-corrected chi connectivity index (χ3v) is 2.95. The van der Waals surface area contributed by atoms with E-state index in [0.29, 0.717) is 0 Å². The second-order valence-corrected chi connectivity index (χ2v) is 4.32. The number of hydrogen-bond acceptors (Lipinski definition) is 2. The van der Waals surface area contributed by atoms with Gasteiger partial charge in [-0.2, -0.15) is 0 Å². The molecule has 0 heterocycles. The van der Waals surface area contributed by atoms with E-state index in [-0.39, 0.29) is 22.4 Å². The molecule has 0 atom stereocenters. The van der Waals surface area contributed by atoms with E-state index in [0.717, 1.165) is 12.1 Å². The third-order valence-electron chi connectivity index (χ3n) is 2.95. The van der Waals surface area contributed by atoms with Crippen LogP contribution in [0, 0.1) is 17.5 Å². The molecule has 0 aliphatic carbocycles. The standard InChI is InChI=1S/C15H11F3O3/c1-21-13-4-2-3-9(15(13)18)10-7-11(16)8(5-12(10)17)6-14(19)20/h2-5,7H,6H2,1H3,(H,19,20). The van der Waals surface area contributed by atoms with Gasteiger partial charge >= 0.3 is 5.97 Å². The number of methoxy groups -OCH3 is 1. The van der Waals surface area contributed by atoms with Crippen LogP contribution >= 0.6 is 0 Å². The van der Waals surface area contributed by atoms with Crippen LogP contribution in [0.5, 0.6) is 5.75 Å². The lowest BCUT2D eigenvalue weighted by Gasteiger charge is -2.10. The third kappa shape index (κ3) is 2.99. The van der Waals surface area contributed by atoms with Crippen LogP contribution < -0.4 is 4.74 Å². The molecule has 0 aromatic heterocycles. The quantitative estimate of drug-likeness (QED) is 0.940. The van der Waals surface area contributed by atoms with Crippen molar-refractivity contribution in [2.75, 3.05) is 7.11 Å². The van der Waals surface area contributed by atoms with Crippen molar-refractivity contribution in [1.82, 2.24) is 0 Å². The number of halogens is 3. The summed E-state index contributed by atoms with van der Waals surface area (Å²) in [4.78, 5) is 10.6. The first kappa shape index (κ1) is 14.9. The molecule has 0 saturated heterocycles. The van der Waals surface area contributed by atoms with E-state index >= 15 is 0 Å². The van der Waals surface area contributed by atoms with Gasteiger partial charge in [-0.25, -0.2) is 13.2 Å². The molecule has 0 unspecified atom stereocenters. The van der Waals surface area contributed by atoms with Crippen molar-refractivity contribution in [3.8, 4) is 16.9 Å². The molecule has 1 N–H and O–H groups in total. The van der Waals surface area contributed by atoms with E-state index in [1.54, 1.807) is 0 Å². The number of hydrogen-bond donors (Lipinski definition) is 1. The number of aliphatic carboxylic acids is 1. The summed E-state index contributed by atoms with van der Waals surface area (Å²) in [6.45, 7) is 0. The minimum absolute atomic E-state index is 0.0954. The summed E-state index contributed by atoms with van der Waals surface area (Å²) < 4.78 is 46.7. The molecule has 3 nitrogen and oxygen atoms in total. The van der Waals surface area contributed by atoms with E-state index in [9.17, 15) is 18.0 Å². The number of ether oxygens (including phenoxy) is 1. The Kier molecular flexibility index (Phi) is 4.16. The molecular weight excluding hydrogens is 285 g/mol. The molecule has 110 valence electrons. The van der Waals surface area contributed by atoms with Crippen LogP contribution in [0.1, 0.15) is 5.56 Å². The van der Waals surface area contributed by atoms with Crippen molar-refractivity contribution < 1.29 is 27.8 Å². The summed E-state index contributed by atoms with van der Waals surface area (Å²) in [5.74, 6) is -4.00. The van der Waals surface area contributed by atoms with Crippen molar-refractivity contribution in [2.45, 2.75) is 6.42 Å². The fourth-order valence-corrected chi connectivity index (χ4v) is 1.97. The zero-order valence-corrected chi connectivity index (χ0v) is 11.0. The van der Waals surface area contributed by atoms with Gasteiger partial charge in [0.1, 0.15) is 11.6 Å².